The maximum atomic E-state index is 9.90. The van der Waals surface area contributed by atoms with E-state index >= 15 is 0 Å². The van der Waals surface area contributed by atoms with Crippen molar-refractivity contribution < 1.29 is 34.0 Å². The summed E-state index contributed by atoms with van der Waals surface area (Å²) in [6.45, 7) is 0. The molecule has 0 bridgehead atoms. The van der Waals surface area contributed by atoms with Gasteiger partial charge in [0.2, 0.25) is 0 Å². The van der Waals surface area contributed by atoms with Crippen LogP contribution in [0, 0.1) is 0 Å². The van der Waals surface area contributed by atoms with Gasteiger partial charge in [0.05, 0.1) is 19.1 Å². The molecule has 0 aromatic heterocycles. The van der Waals surface area contributed by atoms with Crippen LogP contribution in [0.4, 0.5) is 0 Å². The summed E-state index contributed by atoms with van der Waals surface area (Å²) in [7, 11) is 4.32. The Bertz CT molecular complexity index is 382. The number of hydrogen-bond acceptors (Lipinski definition) is 1. The van der Waals surface area contributed by atoms with Crippen molar-refractivity contribution in [2.75, 3.05) is 14.1 Å². The fraction of sp³-hybridized carbons (Fsp3) is 0.500. The second-order valence-electron chi connectivity index (χ2n) is 4.49. The van der Waals surface area contributed by atoms with E-state index < -0.39 is 0 Å². The summed E-state index contributed by atoms with van der Waals surface area (Å²) in [6.07, 6.45) is 3.28. The largest absolute Gasteiger partial charge is 1.00 e. The number of nitrogens with one attached hydrogen (secondary N) is 1. The summed E-state index contributed by atoms with van der Waals surface area (Å²) in [6, 6.07) is 4.36. The van der Waals surface area contributed by atoms with Crippen LogP contribution in [-0.2, 0) is 6.42 Å². The average Bonchev–Trinajstić information content (AvgIpc) is 2.23. The van der Waals surface area contributed by atoms with Gasteiger partial charge in [0.25, 0.3) is 0 Å². The molecule has 0 aliphatic heterocycles. The third-order valence-electron chi connectivity index (χ3n) is 3.26. The maximum absolute atomic E-state index is 9.90. The van der Waals surface area contributed by atoms with Gasteiger partial charge < -0.3 is 34.0 Å². The molecule has 1 aromatic carbocycles. The van der Waals surface area contributed by atoms with E-state index in [1.807, 2.05) is 0 Å². The number of aromatic hydroxyl groups is 1. The quantitative estimate of drug-likeness (QED) is 0.595. The van der Waals surface area contributed by atoms with Gasteiger partial charge in [-0.15, -0.1) is 0 Å². The van der Waals surface area contributed by atoms with Crippen molar-refractivity contribution in [3.05, 3.63) is 28.3 Å². The van der Waals surface area contributed by atoms with Crippen LogP contribution in [0.15, 0.2) is 12.1 Å². The molecular formula is C12H17ClINO. The molecule has 0 saturated heterocycles. The molecule has 16 heavy (non-hydrogen) atoms. The zero-order valence-electron chi connectivity index (χ0n) is 9.56. The first-order valence-electron chi connectivity index (χ1n) is 5.41. The van der Waals surface area contributed by atoms with E-state index in [9.17, 15) is 5.11 Å². The molecule has 0 saturated carbocycles. The Morgan fingerprint density at radius 3 is 2.69 bits per heavy atom. The van der Waals surface area contributed by atoms with E-state index in [1.165, 1.54) is 16.9 Å². The van der Waals surface area contributed by atoms with Crippen LogP contribution in [-0.4, -0.2) is 19.2 Å². The summed E-state index contributed by atoms with van der Waals surface area (Å²) in [5.74, 6) is 0.292. The molecule has 0 heterocycles. The highest BCUT2D eigenvalue weighted by molar-refractivity contribution is 6.32. The molecule has 1 aromatic rings. The Morgan fingerprint density at radius 1 is 1.38 bits per heavy atom. The van der Waals surface area contributed by atoms with Crippen molar-refractivity contribution in [1.29, 1.82) is 0 Å². The van der Waals surface area contributed by atoms with E-state index in [0.717, 1.165) is 18.4 Å². The molecule has 0 spiro atoms. The van der Waals surface area contributed by atoms with E-state index in [-0.39, 0.29) is 24.0 Å². The molecule has 2 nitrogen and oxygen atoms in total. The number of phenolic OH excluding ortho intramolecular Hbond substituents is 1. The zero-order chi connectivity index (χ0) is 11.0. The smallest absolute Gasteiger partial charge is 0.137 e. The zero-order valence-corrected chi connectivity index (χ0v) is 12.5. The summed E-state index contributed by atoms with van der Waals surface area (Å²) in [5.41, 5.74) is 2.32. The maximum Gasteiger partial charge on any atom is 0.137 e. The van der Waals surface area contributed by atoms with Crippen molar-refractivity contribution >= 4 is 11.6 Å². The summed E-state index contributed by atoms with van der Waals surface area (Å²) in [5, 5.41) is 10.4. The van der Waals surface area contributed by atoms with Crippen molar-refractivity contribution in [2.45, 2.75) is 25.3 Å². The SMILES string of the molecule is C[NH+](C)C1CCCc2c1ccc(Cl)c2O.[I-]. The number of halogens is 2. The van der Waals surface area contributed by atoms with Crippen molar-refractivity contribution in [2.24, 2.45) is 0 Å². The van der Waals surface area contributed by atoms with Gasteiger partial charge in [-0.1, -0.05) is 17.7 Å². The minimum Gasteiger partial charge on any atom is -1.00 e. The molecule has 0 amide bonds. The number of fused-ring (bicyclic) bond motifs is 1. The van der Waals surface area contributed by atoms with Gasteiger partial charge in [0.15, 0.2) is 0 Å². The van der Waals surface area contributed by atoms with Crippen LogP contribution in [0.1, 0.15) is 30.0 Å². The molecule has 1 aliphatic carbocycles. The number of quaternary nitrogens is 1. The monoisotopic (exact) mass is 353 g/mol. The van der Waals surface area contributed by atoms with Gasteiger partial charge >= 0.3 is 0 Å². The lowest BCUT2D eigenvalue weighted by Crippen LogP contribution is -3.06. The molecule has 0 radical (unpaired) electrons. The van der Waals surface area contributed by atoms with E-state index in [1.54, 1.807) is 6.07 Å². The second kappa shape index (κ2) is 5.56. The predicted octanol–water partition coefficient (Wildman–Crippen LogP) is -1.43. The minimum atomic E-state index is 0. The molecule has 1 unspecified atom stereocenters. The first kappa shape index (κ1) is 14.1. The normalized spacial score (nSPS) is 19.1. The fourth-order valence-electron chi connectivity index (χ4n) is 2.45. The van der Waals surface area contributed by atoms with Gasteiger partial charge in [0.1, 0.15) is 11.8 Å². The Hall–Kier alpha value is 0. The van der Waals surface area contributed by atoms with Gasteiger partial charge in [-0.2, -0.15) is 0 Å². The lowest BCUT2D eigenvalue weighted by Gasteiger charge is -2.28. The highest BCUT2D eigenvalue weighted by Crippen LogP contribution is 2.37. The lowest BCUT2D eigenvalue weighted by atomic mass is 9.86. The highest BCUT2D eigenvalue weighted by Gasteiger charge is 2.27. The molecule has 2 rings (SSSR count). The topological polar surface area (TPSA) is 24.7 Å². The van der Waals surface area contributed by atoms with Gasteiger partial charge in [-0.3, -0.25) is 0 Å². The lowest BCUT2D eigenvalue weighted by molar-refractivity contribution is -0.893. The van der Waals surface area contributed by atoms with Crippen molar-refractivity contribution in [1.82, 2.24) is 0 Å². The van der Waals surface area contributed by atoms with Gasteiger partial charge in [-0.05, 0) is 18.9 Å². The van der Waals surface area contributed by atoms with E-state index in [4.69, 9.17) is 11.6 Å². The number of rotatable bonds is 1. The Labute approximate surface area is 119 Å². The van der Waals surface area contributed by atoms with Crippen LogP contribution < -0.4 is 28.9 Å². The third kappa shape index (κ3) is 2.46. The third-order valence-corrected chi connectivity index (χ3v) is 3.57. The molecule has 4 heteroatoms. The van der Waals surface area contributed by atoms with Gasteiger partial charge in [-0.25, -0.2) is 0 Å². The Kier molecular flexibility index (Phi) is 4.88. The van der Waals surface area contributed by atoms with Crippen LogP contribution in [0.3, 0.4) is 0 Å². The highest BCUT2D eigenvalue weighted by atomic mass is 127. The number of phenols is 1. The standard InChI is InChI=1S/C12H16ClNO.HI/c1-14(2)11-5-3-4-9-8(11)6-7-10(13)12(9)15;/h6-7,11,15H,3-5H2,1-2H3;1H. The molecule has 90 valence electrons. The fourth-order valence-corrected chi connectivity index (χ4v) is 2.63. The summed E-state index contributed by atoms with van der Waals surface area (Å²) in [4.78, 5) is 1.41. The number of benzene rings is 1. The van der Waals surface area contributed by atoms with E-state index in [0.29, 0.717) is 16.8 Å². The Balaban J connectivity index is 0.00000128. The molecule has 1 atom stereocenters. The first-order valence-corrected chi connectivity index (χ1v) is 5.79. The first-order chi connectivity index (χ1) is 7.11. The van der Waals surface area contributed by atoms with Crippen LogP contribution in [0.25, 0.3) is 0 Å². The molecular weight excluding hydrogens is 336 g/mol. The molecule has 1 aliphatic rings. The number of hydrogen-bond donors (Lipinski definition) is 2. The minimum absolute atomic E-state index is 0. The average molecular weight is 354 g/mol. The summed E-state index contributed by atoms with van der Waals surface area (Å²) < 4.78 is 0. The second-order valence-corrected chi connectivity index (χ2v) is 4.89. The van der Waals surface area contributed by atoms with Crippen molar-refractivity contribution in [3.8, 4) is 5.75 Å². The van der Waals surface area contributed by atoms with Crippen LogP contribution in [0.2, 0.25) is 5.02 Å². The van der Waals surface area contributed by atoms with Crippen LogP contribution >= 0.6 is 11.6 Å². The summed E-state index contributed by atoms with van der Waals surface area (Å²) >= 11 is 5.92. The predicted molar refractivity (Wildman–Crippen MR) is 61.6 cm³/mol. The van der Waals surface area contributed by atoms with E-state index in [2.05, 4.69) is 20.2 Å². The Morgan fingerprint density at radius 2 is 2.06 bits per heavy atom. The molecule has 2 N–H and O–H groups in total. The van der Waals surface area contributed by atoms with Crippen molar-refractivity contribution in [3.63, 3.8) is 0 Å². The molecule has 0 fully saturated rings. The van der Waals surface area contributed by atoms with Crippen LogP contribution in [0.5, 0.6) is 5.75 Å². The van der Waals surface area contributed by atoms with Gasteiger partial charge in [0, 0.05) is 17.5 Å².